The lowest BCUT2D eigenvalue weighted by atomic mass is 9.98. The molecule has 0 bridgehead atoms. The van der Waals surface area contributed by atoms with Crippen LogP contribution in [-0.2, 0) is 4.79 Å². The summed E-state index contributed by atoms with van der Waals surface area (Å²) >= 11 is 0. The zero-order chi connectivity index (χ0) is 28.6. The summed E-state index contributed by atoms with van der Waals surface area (Å²) in [5.41, 5.74) is 0.106. The normalized spacial score (nSPS) is 15.3. The zero-order valence-corrected chi connectivity index (χ0v) is 21.4. The van der Waals surface area contributed by atoms with E-state index in [0.717, 1.165) is 0 Å². The third-order valence-corrected chi connectivity index (χ3v) is 6.68. The highest BCUT2D eigenvalue weighted by molar-refractivity contribution is 6.00. The van der Waals surface area contributed by atoms with Gasteiger partial charge in [-0.25, -0.2) is 18.2 Å². The largest absolute Gasteiger partial charge is 0.508 e. The minimum Gasteiger partial charge on any atom is -0.508 e. The highest BCUT2D eigenvalue weighted by atomic mass is 19.1. The van der Waals surface area contributed by atoms with Crippen LogP contribution in [0.4, 0.5) is 19.0 Å². The van der Waals surface area contributed by atoms with Crippen molar-refractivity contribution >= 4 is 33.5 Å². The van der Waals surface area contributed by atoms with Gasteiger partial charge in [-0.3, -0.25) is 4.79 Å². The lowest BCUT2D eigenvalue weighted by Gasteiger charge is -2.40. The first-order chi connectivity index (χ1) is 19.2. The molecular weight excluding hydrogens is 525 g/mol. The number of piperazine rings is 1. The molecule has 1 saturated heterocycles. The number of benzene rings is 2. The van der Waals surface area contributed by atoms with E-state index in [1.165, 1.54) is 41.4 Å². The van der Waals surface area contributed by atoms with Gasteiger partial charge in [-0.2, -0.15) is 15.2 Å². The van der Waals surface area contributed by atoms with Gasteiger partial charge in [0.05, 0.1) is 25.1 Å². The second-order valence-electron chi connectivity index (χ2n) is 9.17. The van der Waals surface area contributed by atoms with Crippen molar-refractivity contribution in [3.8, 4) is 29.0 Å². The Morgan fingerprint density at radius 1 is 1.20 bits per heavy atom. The molecule has 1 atom stereocenters. The van der Waals surface area contributed by atoms with E-state index in [9.17, 15) is 23.9 Å². The van der Waals surface area contributed by atoms with Crippen LogP contribution in [0.15, 0.2) is 48.9 Å². The third kappa shape index (κ3) is 4.82. The highest BCUT2D eigenvalue weighted by Crippen LogP contribution is 2.37. The molecule has 0 aliphatic carbocycles. The lowest BCUT2D eigenvalue weighted by molar-refractivity contribution is -0.131. The summed E-state index contributed by atoms with van der Waals surface area (Å²) in [4.78, 5) is 28.4. The molecule has 1 amide bonds. The maximum absolute atomic E-state index is 16.2. The highest BCUT2D eigenvalue weighted by Gasteiger charge is 2.34. The Morgan fingerprint density at radius 3 is 2.73 bits per heavy atom. The number of halogens is 3. The standard InChI is InChI=1S/C28H23F3N6O3/c1-3-40-28-34-24-23(31)22(21-12-19(38)10-16-4-5-17(30)11-20(16)21)13-33-25(24)26(35-28)36-8-9-37(27(39)15(2)29)18(14-36)6-7-32/h4-5,10-13,18,38H,2-3,6,8-9,14H2,1H3/t18-/m0/s1. The molecule has 40 heavy (non-hydrogen) atoms. The Morgan fingerprint density at radius 2 is 2.00 bits per heavy atom. The third-order valence-electron chi connectivity index (χ3n) is 6.68. The molecule has 0 spiro atoms. The Bertz CT molecular complexity index is 1710. The van der Waals surface area contributed by atoms with Gasteiger partial charge in [0.1, 0.15) is 22.6 Å². The molecule has 204 valence electrons. The first kappa shape index (κ1) is 26.7. The number of rotatable bonds is 6. The predicted octanol–water partition coefficient (Wildman–Crippen LogP) is 4.64. The average Bonchev–Trinajstić information content (AvgIpc) is 2.93. The van der Waals surface area contributed by atoms with Crippen molar-refractivity contribution in [1.29, 1.82) is 5.26 Å². The number of fused-ring (bicyclic) bond motifs is 2. The van der Waals surface area contributed by atoms with Crippen LogP contribution in [0, 0.1) is 23.0 Å². The fraction of sp³-hybridized carbons (Fsp3) is 0.250. The number of pyridine rings is 1. The number of hydrogen-bond donors (Lipinski definition) is 1. The van der Waals surface area contributed by atoms with Crippen molar-refractivity contribution in [3.63, 3.8) is 0 Å². The molecule has 5 rings (SSSR count). The van der Waals surface area contributed by atoms with Gasteiger partial charge in [-0.15, -0.1) is 0 Å². The number of ether oxygens (including phenoxy) is 1. The average molecular weight is 549 g/mol. The number of carbonyl (C=O) groups excluding carboxylic acids is 1. The SMILES string of the molecule is C=C(F)C(=O)N1CCN(c2nc(OCC)nc3c(F)c(-c4cc(O)cc5ccc(F)cc45)cnc23)C[C@@H]1CC#N. The summed E-state index contributed by atoms with van der Waals surface area (Å²) < 4.78 is 49.4. The number of amides is 1. The number of anilines is 1. The van der Waals surface area contributed by atoms with Gasteiger partial charge in [0.15, 0.2) is 17.5 Å². The van der Waals surface area contributed by atoms with Crippen molar-refractivity contribution < 1.29 is 27.8 Å². The van der Waals surface area contributed by atoms with E-state index in [1.54, 1.807) is 11.8 Å². The molecule has 9 nitrogen and oxygen atoms in total. The van der Waals surface area contributed by atoms with Gasteiger partial charge in [0, 0.05) is 31.4 Å². The van der Waals surface area contributed by atoms with Crippen LogP contribution in [0.25, 0.3) is 32.9 Å². The maximum atomic E-state index is 16.2. The van der Waals surface area contributed by atoms with Crippen molar-refractivity contribution in [2.45, 2.75) is 19.4 Å². The minimum absolute atomic E-state index is 0.0228. The number of aromatic nitrogens is 3. The van der Waals surface area contributed by atoms with E-state index >= 15 is 4.39 Å². The topological polar surface area (TPSA) is 115 Å². The van der Waals surface area contributed by atoms with E-state index in [0.29, 0.717) is 10.8 Å². The molecule has 1 aliphatic heterocycles. The molecule has 0 saturated carbocycles. The number of aromatic hydroxyl groups is 1. The fourth-order valence-corrected chi connectivity index (χ4v) is 4.90. The van der Waals surface area contributed by atoms with Crippen LogP contribution < -0.4 is 9.64 Å². The van der Waals surface area contributed by atoms with Crippen molar-refractivity contribution in [3.05, 3.63) is 60.6 Å². The quantitative estimate of drug-likeness (QED) is 0.347. The number of phenols is 1. The van der Waals surface area contributed by atoms with Gasteiger partial charge in [-0.1, -0.05) is 12.6 Å². The van der Waals surface area contributed by atoms with Crippen LogP contribution in [0.1, 0.15) is 13.3 Å². The Hall–Kier alpha value is -4.92. The zero-order valence-electron chi connectivity index (χ0n) is 21.4. The first-order valence-electron chi connectivity index (χ1n) is 12.4. The molecule has 3 heterocycles. The number of nitrogens with zero attached hydrogens (tertiary/aromatic N) is 6. The summed E-state index contributed by atoms with van der Waals surface area (Å²) in [5.74, 6) is -3.28. The number of hydrogen-bond acceptors (Lipinski definition) is 8. The summed E-state index contributed by atoms with van der Waals surface area (Å²) in [6.07, 6.45) is 1.17. The van der Waals surface area contributed by atoms with Crippen LogP contribution in [0.3, 0.4) is 0 Å². The second-order valence-corrected chi connectivity index (χ2v) is 9.17. The molecule has 0 radical (unpaired) electrons. The maximum Gasteiger partial charge on any atom is 0.319 e. The van der Waals surface area contributed by atoms with Gasteiger partial charge in [-0.05, 0) is 47.5 Å². The minimum atomic E-state index is -1.13. The summed E-state index contributed by atoms with van der Waals surface area (Å²) in [6.45, 7) is 5.30. The van der Waals surface area contributed by atoms with Crippen LogP contribution >= 0.6 is 0 Å². The first-order valence-corrected chi connectivity index (χ1v) is 12.4. The van der Waals surface area contributed by atoms with Crippen LogP contribution in [-0.4, -0.2) is 63.1 Å². The van der Waals surface area contributed by atoms with E-state index < -0.39 is 29.4 Å². The van der Waals surface area contributed by atoms with E-state index in [2.05, 4.69) is 21.5 Å². The van der Waals surface area contributed by atoms with E-state index in [4.69, 9.17) is 4.74 Å². The molecule has 0 unspecified atom stereocenters. The molecule has 12 heteroatoms. The predicted molar refractivity (Wildman–Crippen MR) is 141 cm³/mol. The number of phenolic OH excluding ortho intramolecular Hbond substituents is 1. The van der Waals surface area contributed by atoms with E-state index in [-0.39, 0.29) is 72.4 Å². The fourth-order valence-electron chi connectivity index (χ4n) is 4.90. The van der Waals surface area contributed by atoms with Crippen molar-refractivity contribution in [2.24, 2.45) is 0 Å². The summed E-state index contributed by atoms with van der Waals surface area (Å²) in [6, 6.07) is 7.93. The van der Waals surface area contributed by atoms with Crippen LogP contribution in [0.2, 0.25) is 0 Å². The smallest absolute Gasteiger partial charge is 0.319 e. The number of carbonyl (C=O) groups is 1. The lowest BCUT2D eigenvalue weighted by Crippen LogP contribution is -2.55. The Kier molecular flexibility index (Phi) is 7.13. The van der Waals surface area contributed by atoms with Crippen LogP contribution in [0.5, 0.6) is 11.8 Å². The molecule has 4 aromatic rings. The number of nitriles is 1. The van der Waals surface area contributed by atoms with Gasteiger partial charge >= 0.3 is 6.01 Å². The molecule has 1 aliphatic rings. The Labute approximate surface area is 226 Å². The Balaban J connectivity index is 1.65. The monoisotopic (exact) mass is 548 g/mol. The molecule has 2 aromatic carbocycles. The van der Waals surface area contributed by atoms with Crippen molar-refractivity contribution in [2.75, 3.05) is 31.1 Å². The van der Waals surface area contributed by atoms with Crippen molar-refractivity contribution in [1.82, 2.24) is 19.9 Å². The molecule has 1 N–H and O–H groups in total. The van der Waals surface area contributed by atoms with E-state index in [1.807, 2.05) is 6.07 Å². The van der Waals surface area contributed by atoms with Gasteiger partial charge < -0.3 is 19.6 Å². The summed E-state index contributed by atoms with van der Waals surface area (Å²) in [7, 11) is 0. The van der Waals surface area contributed by atoms with Gasteiger partial charge in [0.2, 0.25) is 0 Å². The second kappa shape index (κ2) is 10.7. The molecule has 2 aromatic heterocycles. The molecule has 1 fully saturated rings. The molecular formula is C28H23F3N6O3. The summed E-state index contributed by atoms with van der Waals surface area (Å²) in [5, 5.41) is 20.5. The van der Waals surface area contributed by atoms with Gasteiger partial charge in [0.25, 0.3) is 5.91 Å².